The van der Waals surface area contributed by atoms with Crippen molar-refractivity contribution in [2.45, 2.75) is 45.6 Å². The Bertz CT molecular complexity index is 920. The average molecular weight is 372 g/mol. The van der Waals surface area contributed by atoms with Gasteiger partial charge in [-0.1, -0.05) is 6.07 Å². The van der Waals surface area contributed by atoms with E-state index < -0.39 is 17.3 Å². The van der Waals surface area contributed by atoms with Crippen molar-refractivity contribution in [2.24, 2.45) is 5.41 Å². The topological polar surface area (TPSA) is 57.9 Å². The number of amides is 2. The summed E-state index contributed by atoms with van der Waals surface area (Å²) >= 11 is 0. The molecule has 0 bridgehead atoms. The zero-order valence-electron chi connectivity index (χ0n) is 16.0. The molecule has 2 aliphatic rings. The van der Waals surface area contributed by atoms with Crippen LogP contribution in [0.25, 0.3) is 5.65 Å². The predicted molar refractivity (Wildman–Crippen MR) is 98.9 cm³/mol. The molecule has 0 N–H and O–H groups in total. The lowest BCUT2D eigenvalue weighted by Crippen LogP contribution is -2.61. The molecule has 2 fully saturated rings. The molecule has 0 aliphatic carbocycles. The SMILES string of the molecule is Cc1ccc2nc(C(=O)N3CCC[C@@]4(CCCN(C)C4=O)[C@H]3C)c(F)n2c1. The van der Waals surface area contributed by atoms with E-state index in [1.165, 1.54) is 4.40 Å². The normalized spacial score (nSPS) is 26.2. The summed E-state index contributed by atoms with van der Waals surface area (Å²) in [6.07, 6.45) is 4.84. The first-order valence-corrected chi connectivity index (χ1v) is 9.56. The summed E-state index contributed by atoms with van der Waals surface area (Å²) in [6.45, 7) is 5.06. The van der Waals surface area contributed by atoms with Gasteiger partial charge in [0, 0.05) is 32.4 Å². The van der Waals surface area contributed by atoms with Crippen molar-refractivity contribution in [3.05, 3.63) is 35.5 Å². The number of aryl methyl sites for hydroxylation is 1. The highest BCUT2D eigenvalue weighted by Crippen LogP contribution is 2.44. The minimum atomic E-state index is -0.641. The largest absolute Gasteiger partial charge is 0.345 e. The maximum atomic E-state index is 14.9. The van der Waals surface area contributed by atoms with Crippen LogP contribution in [-0.4, -0.2) is 57.2 Å². The summed E-state index contributed by atoms with van der Waals surface area (Å²) in [6, 6.07) is 3.26. The molecule has 27 heavy (non-hydrogen) atoms. The Morgan fingerprint density at radius 2 is 1.96 bits per heavy atom. The lowest BCUT2D eigenvalue weighted by molar-refractivity contribution is -0.152. The second-order valence-electron chi connectivity index (χ2n) is 7.95. The number of carbonyl (C=O) groups is 2. The van der Waals surface area contributed by atoms with Gasteiger partial charge in [-0.25, -0.2) is 4.98 Å². The zero-order chi connectivity index (χ0) is 19.3. The summed E-state index contributed by atoms with van der Waals surface area (Å²) in [4.78, 5) is 33.8. The Kier molecular flexibility index (Phi) is 4.20. The number of fused-ring (bicyclic) bond motifs is 1. The van der Waals surface area contributed by atoms with Gasteiger partial charge in [0.25, 0.3) is 5.91 Å². The van der Waals surface area contributed by atoms with Gasteiger partial charge in [0.05, 0.1) is 5.41 Å². The summed E-state index contributed by atoms with van der Waals surface area (Å²) in [5.41, 5.74) is 0.571. The van der Waals surface area contributed by atoms with Gasteiger partial charge in [-0.05, 0) is 51.2 Å². The fourth-order valence-electron chi connectivity index (χ4n) is 4.78. The molecule has 2 aromatic heterocycles. The fraction of sp³-hybridized carbons (Fsp3) is 0.550. The van der Waals surface area contributed by atoms with Crippen LogP contribution in [0.15, 0.2) is 18.3 Å². The van der Waals surface area contributed by atoms with Gasteiger partial charge in [0.15, 0.2) is 5.69 Å². The van der Waals surface area contributed by atoms with E-state index in [0.717, 1.165) is 37.8 Å². The molecule has 144 valence electrons. The van der Waals surface area contributed by atoms with E-state index in [4.69, 9.17) is 0 Å². The average Bonchev–Trinajstić information content (AvgIpc) is 2.97. The maximum Gasteiger partial charge on any atom is 0.277 e. The number of aromatic nitrogens is 2. The molecule has 0 radical (unpaired) electrons. The van der Waals surface area contributed by atoms with Crippen LogP contribution in [0.1, 0.15) is 48.7 Å². The van der Waals surface area contributed by atoms with Crippen LogP contribution >= 0.6 is 0 Å². The number of hydrogen-bond donors (Lipinski definition) is 0. The molecular formula is C20H25FN4O2. The van der Waals surface area contributed by atoms with Crippen molar-refractivity contribution in [2.75, 3.05) is 20.1 Å². The Labute approximate surface area is 158 Å². The molecule has 2 aromatic rings. The third-order valence-corrected chi connectivity index (χ3v) is 6.35. The first kappa shape index (κ1) is 17.9. The molecule has 4 heterocycles. The van der Waals surface area contributed by atoms with Gasteiger partial charge < -0.3 is 9.80 Å². The summed E-state index contributed by atoms with van der Waals surface area (Å²) in [5, 5.41) is 0. The first-order valence-electron chi connectivity index (χ1n) is 9.56. The zero-order valence-corrected chi connectivity index (χ0v) is 16.0. The van der Waals surface area contributed by atoms with Crippen molar-refractivity contribution < 1.29 is 14.0 Å². The highest BCUT2D eigenvalue weighted by molar-refractivity contribution is 5.94. The molecule has 2 atom stereocenters. The number of imidazole rings is 1. The smallest absolute Gasteiger partial charge is 0.277 e. The number of halogens is 1. The molecule has 6 nitrogen and oxygen atoms in total. The Morgan fingerprint density at radius 1 is 1.26 bits per heavy atom. The van der Waals surface area contributed by atoms with E-state index in [9.17, 15) is 14.0 Å². The third-order valence-electron chi connectivity index (χ3n) is 6.35. The molecule has 2 amide bonds. The predicted octanol–water partition coefficient (Wildman–Crippen LogP) is 2.64. The molecule has 7 heteroatoms. The number of carbonyl (C=O) groups excluding carboxylic acids is 2. The van der Waals surface area contributed by atoms with Crippen molar-refractivity contribution in [1.82, 2.24) is 19.2 Å². The molecule has 1 spiro atoms. The van der Waals surface area contributed by atoms with E-state index in [1.54, 1.807) is 22.1 Å². The van der Waals surface area contributed by atoms with Gasteiger partial charge in [-0.2, -0.15) is 4.39 Å². The number of rotatable bonds is 1. The monoisotopic (exact) mass is 372 g/mol. The van der Waals surface area contributed by atoms with Crippen LogP contribution in [-0.2, 0) is 4.79 Å². The van der Waals surface area contributed by atoms with Crippen LogP contribution in [0.4, 0.5) is 4.39 Å². The summed E-state index contributed by atoms with van der Waals surface area (Å²) in [7, 11) is 1.82. The lowest BCUT2D eigenvalue weighted by Gasteiger charge is -2.51. The molecule has 0 aromatic carbocycles. The summed E-state index contributed by atoms with van der Waals surface area (Å²) < 4.78 is 16.2. The summed E-state index contributed by atoms with van der Waals surface area (Å²) in [5.74, 6) is -0.969. The highest BCUT2D eigenvalue weighted by atomic mass is 19.1. The van der Waals surface area contributed by atoms with E-state index in [2.05, 4.69) is 4.98 Å². The molecule has 2 saturated heterocycles. The van der Waals surface area contributed by atoms with Crippen molar-refractivity contribution >= 4 is 17.5 Å². The Balaban J connectivity index is 1.70. The van der Waals surface area contributed by atoms with E-state index >= 15 is 0 Å². The quantitative estimate of drug-likeness (QED) is 0.773. The Morgan fingerprint density at radius 3 is 2.70 bits per heavy atom. The Hall–Kier alpha value is -2.44. The van der Waals surface area contributed by atoms with Crippen LogP contribution < -0.4 is 0 Å². The van der Waals surface area contributed by atoms with Crippen LogP contribution in [0.2, 0.25) is 0 Å². The van der Waals surface area contributed by atoms with Crippen LogP contribution in [0.5, 0.6) is 0 Å². The van der Waals surface area contributed by atoms with Crippen molar-refractivity contribution in [3.63, 3.8) is 0 Å². The maximum absolute atomic E-state index is 14.9. The highest BCUT2D eigenvalue weighted by Gasteiger charge is 2.52. The number of piperidine rings is 2. The van der Waals surface area contributed by atoms with Gasteiger partial charge >= 0.3 is 0 Å². The van der Waals surface area contributed by atoms with E-state index in [0.29, 0.717) is 12.2 Å². The molecule has 4 rings (SSSR count). The number of nitrogens with zero attached hydrogens (tertiary/aromatic N) is 4. The van der Waals surface area contributed by atoms with Gasteiger partial charge in [0.1, 0.15) is 5.65 Å². The molecular weight excluding hydrogens is 347 g/mol. The minimum Gasteiger partial charge on any atom is -0.345 e. The minimum absolute atomic E-state index is 0.102. The molecule has 2 aliphatic heterocycles. The third kappa shape index (κ3) is 2.63. The number of hydrogen-bond acceptors (Lipinski definition) is 3. The van der Waals surface area contributed by atoms with Crippen molar-refractivity contribution in [1.29, 1.82) is 0 Å². The molecule has 0 unspecified atom stereocenters. The van der Waals surface area contributed by atoms with Crippen LogP contribution in [0, 0.1) is 18.3 Å². The number of pyridine rings is 1. The second kappa shape index (κ2) is 6.32. The fourth-order valence-corrected chi connectivity index (χ4v) is 4.78. The van der Waals surface area contributed by atoms with Gasteiger partial charge in [-0.15, -0.1) is 0 Å². The molecule has 0 saturated carbocycles. The second-order valence-corrected chi connectivity index (χ2v) is 7.95. The van der Waals surface area contributed by atoms with Crippen LogP contribution in [0.3, 0.4) is 0 Å². The van der Waals surface area contributed by atoms with E-state index in [-0.39, 0.29) is 17.6 Å². The van der Waals surface area contributed by atoms with Gasteiger partial charge in [0.2, 0.25) is 11.9 Å². The standard InChI is InChI=1S/C20H25FN4O2/c1-13-6-7-15-22-16(17(21)25(15)12-13)18(26)24-11-5-9-20(14(24)2)8-4-10-23(3)19(20)27/h6-7,12,14H,4-5,8-11H2,1-3H3/t14-,20+/m1/s1. The van der Waals surface area contributed by atoms with E-state index in [1.807, 2.05) is 27.0 Å². The lowest BCUT2D eigenvalue weighted by atomic mass is 9.68. The van der Waals surface area contributed by atoms with Crippen molar-refractivity contribution in [3.8, 4) is 0 Å². The van der Waals surface area contributed by atoms with Gasteiger partial charge in [-0.3, -0.25) is 14.0 Å². The first-order chi connectivity index (χ1) is 12.8. The number of likely N-dealkylation sites (tertiary alicyclic amines) is 2.